The van der Waals surface area contributed by atoms with E-state index in [1.807, 2.05) is 26.0 Å². The lowest BCUT2D eigenvalue weighted by atomic mass is 9.94. The molecule has 1 aliphatic heterocycles. The normalized spacial score (nSPS) is 11.6. The fraction of sp³-hybridized carbons (Fsp3) is 0.167. The van der Waals surface area contributed by atoms with Gasteiger partial charge in [0.05, 0.1) is 23.4 Å². The quantitative estimate of drug-likeness (QED) is 0.208. The number of hydrogen-bond donors (Lipinski definition) is 0. The van der Waals surface area contributed by atoms with Gasteiger partial charge in [0.1, 0.15) is 7.05 Å². The number of fused-ring (bicyclic) bond motifs is 4. The summed E-state index contributed by atoms with van der Waals surface area (Å²) in [4.78, 5) is 14.7. The van der Waals surface area contributed by atoms with Crippen LogP contribution in [-0.4, -0.2) is 13.1 Å². The van der Waals surface area contributed by atoms with Crippen LogP contribution in [0, 0.1) is 0 Å². The third-order valence-electron chi connectivity index (χ3n) is 5.05. The number of nitrogens with zero attached hydrogens (tertiary/aromatic N) is 1. The predicted molar refractivity (Wildman–Crippen MR) is 115 cm³/mol. The topological polar surface area (TPSA) is 30.2 Å². The lowest BCUT2D eigenvalue weighted by Gasteiger charge is -2.22. The first-order valence-corrected chi connectivity index (χ1v) is 10.3. The molecule has 0 unspecified atom stereocenters. The van der Waals surface area contributed by atoms with Crippen molar-refractivity contribution >= 4 is 39.5 Å². The molecule has 1 aromatic heterocycles. The Kier molecular flexibility index (Phi) is 4.82. The highest BCUT2D eigenvalue weighted by molar-refractivity contribution is 8.00. The largest absolute Gasteiger partial charge is 0.465 e. The van der Waals surface area contributed by atoms with E-state index in [9.17, 15) is 4.79 Å². The monoisotopic (exact) mass is 388 g/mol. The van der Waals surface area contributed by atoms with E-state index in [1.54, 1.807) is 11.8 Å². The Morgan fingerprint density at radius 1 is 0.929 bits per heavy atom. The van der Waals surface area contributed by atoms with Crippen molar-refractivity contribution in [2.24, 2.45) is 7.05 Å². The Morgan fingerprint density at radius 3 is 2.43 bits per heavy atom. The highest BCUT2D eigenvalue weighted by Crippen LogP contribution is 2.50. The summed E-state index contributed by atoms with van der Waals surface area (Å²) < 4.78 is 7.25. The Labute approximate surface area is 169 Å². The summed E-state index contributed by atoms with van der Waals surface area (Å²) in [6.45, 7) is 4.00. The zero-order chi connectivity index (χ0) is 19.8. The molecule has 1 aliphatic rings. The van der Waals surface area contributed by atoms with Gasteiger partial charge in [0.2, 0.25) is 11.0 Å². The van der Waals surface area contributed by atoms with Crippen molar-refractivity contribution in [2.75, 3.05) is 7.11 Å². The Morgan fingerprint density at radius 2 is 1.64 bits per heavy atom. The highest BCUT2D eigenvalue weighted by Gasteiger charge is 2.29. The highest BCUT2D eigenvalue weighted by atomic mass is 32.2. The zero-order valence-corrected chi connectivity index (χ0v) is 17.3. The van der Waals surface area contributed by atoms with Crippen LogP contribution in [0.1, 0.15) is 24.2 Å². The molecule has 2 heterocycles. The maximum absolute atomic E-state index is 12.4. The number of methoxy groups -OCH3 is 1. The molecule has 4 heteroatoms. The Balaban J connectivity index is 0.000000932. The number of benzene rings is 3. The van der Waals surface area contributed by atoms with Gasteiger partial charge in [0, 0.05) is 27.5 Å². The first-order chi connectivity index (χ1) is 13.7. The average molecular weight is 389 g/mol. The molecule has 3 nitrogen and oxygen atoms in total. The van der Waals surface area contributed by atoms with Gasteiger partial charge in [0.15, 0.2) is 0 Å². The van der Waals surface area contributed by atoms with E-state index in [0.717, 1.165) is 21.5 Å². The van der Waals surface area contributed by atoms with Crippen molar-refractivity contribution < 1.29 is 14.1 Å². The molecule has 4 aromatic rings. The van der Waals surface area contributed by atoms with Crippen LogP contribution >= 0.6 is 11.8 Å². The molecule has 0 atom stereocenters. The van der Waals surface area contributed by atoms with Gasteiger partial charge in [-0.1, -0.05) is 55.9 Å². The van der Waals surface area contributed by atoms with Crippen molar-refractivity contribution in [1.29, 1.82) is 0 Å². The second-order valence-corrected chi connectivity index (χ2v) is 7.43. The number of ether oxygens (including phenoxy) is 1. The summed E-state index contributed by atoms with van der Waals surface area (Å²) >= 11 is 1.73. The summed E-state index contributed by atoms with van der Waals surface area (Å²) in [5.74, 6) is -0.298. The predicted octanol–water partition coefficient (Wildman–Crippen LogP) is 5.76. The van der Waals surface area contributed by atoms with Crippen LogP contribution in [0.15, 0.2) is 70.5 Å². The molecule has 0 aliphatic carbocycles. The van der Waals surface area contributed by atoms with Gasteiger partial charge >= 0.3 is 5.97 Å². The minimum absolute atomic E-state index is 0.298. The summed E-state index contributed by atoms with van der Waals surface area (Å²) in [5.41, 5.74) is 5.04. The number of rotatable bonds is 1. The van der Waals surface area contributed by atoms with Gasteiger partial charge in [-0.25, -0.2) is 4.79 Å². The standard InChI is InChI=1S/C22H16NO2S.C2H6/c1-23-16-10-4-3-7-13(16)21-20-14(8-5-11-17(20)23)19-15(22(24)25-2)9-6-12-18(19)26-21;1-2/h3-12H,1-2H3;1-2H3/q+1;. The van der Waals surface area contributed by atoms with Gasteiger partial charge in [-0.3, -0.25) is 0 Å². The molecule has 0 saturated carbocycles. The van der Waals surface area contributed by atoms with Crippen molar-refractivity contribution in [1.82, 2.24) is 0 Å². The molecule has 0 saturated heterocycles. The summed E-state index contributed by atoms with van der Waals surface area (Å²) in [7, 11) is 3.53. The summed E-state index contributed by atoms with van der Waals surface area (Å²) in [5, 5.41) is 2.43. The fourth-order valence-electron chi connectivity index (χ4n) is 3.88. The second kappa shape index (κ2) is 7.28. The molecule has 5 rings (SSSR count). The second-order valence-electron chi connectivity index (χ2n) is 6.38. The molecule has 0 radical (unpaired) electrons. The number of hydrogen-bond acceptors (Lipinski definition) is 3. The van der Waals surface area contributed by atoms with E-state index >= 15 is 0 Å². The summed E-state index contributed by atoms with van der Waals surface area (Å²) in [6, 6.07) is 20.6. The number of carbonyl (C=O) groups is 1. The van der Waals surface area contributed by atoms with Crippen LogP contribution in [0.4, 0.5) is 0 Å². The van der Waals surface area contributed by atoms with Crippen LogP contribution in [0.5, 0.6) is 0 Å². The zero-order valence-electron chi connectivity index (χ0n) is 16.4. The van der Waals surface area contributed by atoms with Crippen molar-refractivity contribution in [3.8, 4) is 11.1 Å². The third-order valence-corrected chi connectivity index (χ3v) is 6.24. The molecule has 3 aromatic carbocycles. The van der Waals surface area contributed by atoms with Crippen LogP contribution in [0.3, 0.4) is 0 Å². The number of para-hydroxylation sites is 1. The number of aromatic nitrogens is 1. The number of aryl methyl sites for hydroxylation is 1. The summed E-state index contributed by atoms with van der Waals surface area (Å²) in [6.07, 6.45) is 0. The van der Waals surface area contributed by atoms with Crippen LogP contribution < -0.4 is 4.57 Å². The van der Waals surface area contributed by atoms with Crippen LogP contribution in [0.2, 0.25) is 0 Å². The maximum atomic E-state index is 12.4. The van der Waals surface area contributed by atoms with E-state index < -0.39 is 0 Å². The number of carbonyl (C=O) groups excluding carboxylic acids is 1. The van der Waals surface area contributed by atoms with Crippen molar-refractivity contribution in [3.05, 3.63) is 66.2 Å². The Hall–Kier alpha value is -2.85. The molecule has 0 amide bonds. The minimum atomic E-state index is -0.298. The third kappa shape index (κ3) is 2.60. The Bertz CT molecular complexity index is 1230. The van der Waals surface area contributed by atoms with Gasteiger partial charge in [-0.2, -0.15) is 4.57 Å². The first-order valence-electron chi connectivity index (χ1n) is 9.43. The average Bonchev–Trinajstić information content (AvgIpc) is 2.77. The molecule has 140 valence electrons. The van der Waals surface area contributed by atoms with Gasteiger partial charge in [-0.05, 0) is 23.8 Å². The SMILES string of the molecule is CC.COC(=O)c1cccc2c1-c1cccc3c1c(c1ccccc1[n+]3C)S2. The van der Waals surface area contributed by atoms with Gasteiger partial charge < -0.3 is 4.74 Å². The van der Waals surface area contributed by atoms with E-state index in [-0.39, 0.29) is 5.97 Å². The fourth-order valence-corrected chi connectivity index (χ4v) is 5.17. The van der Waals surface area contributed by atoms with Gasteiger partial charge in [0.25, 0.3) is 0 Å². The van der Waals surface area contributed by atoms with Crippen molar-refractivity contribution in [2.45, 2.75) is 23.6 Å². The lowest BCUT2D eigenvalue weighted by Crippen LogP contribution is -2.30. The first kappa shape index (κ1) is 18.5. The molecule has 0 N–H and O–H groups in total. The maximum Gasteiger partial charge on any atom is 0.338 e. The van der Waals surface area contributed by atoms with E-state index in [0.29, 0.717) is 5.56 Å². The van der Waals surface area contributed by atoms with Crippen molar-refractivity contribution in [3.63, 3.8) is 0 Å². The minimum Gasteiger partial charge on any atom is -0.465 e. The van der Waals surface area contributed by atoms with Crippen LogP contribution in [-0.2, 0) is 11.8 Å². The molecule has 0 bridgehead atoms. The van der Waals surface area contributed by atoms with E-state index in [2.05, 4.69) is 60.1 Å². The smallest absolute Gasteiger partial charge is 0.338 e. The number of esters is 1. The van der Waals surface area contributed by atoms with Crippen LogP contribution in [0.25, 0.3) is 32.9 Å². The van der Waals surface area contributed by atoms with E-state index in [1.165, 1.54) is 28.3 Å². The van der Waals surface area contributed by atoms with Gasteiger partial charge in [-0.15, -0.1) is 0 Å². The molecule has 0 fully saturated rings. The molecule has 0 spiro atoms. The molecular weight excluding hydrogens is 366 g/mol. The lowest BCUT2D eigenvalue weighted by molar-refractivity contribution is -0.617. The molecule has 28 heavy (non-hydrogen) atoms. The number of pyridine rings is 1. The molecular formula is C24H22NO2S+. The van der Waals surface area contributed by atoms with E-state index in [4.69, 9.17) is 4.74 Å².